The lowest BCUT2D eigenvalue weighted by Crippen LogP contribution is -2.07. The van der Waals surface area contributed by atoms with Crippen molar-refractivity contribution in [1.29, 1.82) is 0 Å². The van der Waals surface area contributed by atoms with E-state index in [0.717, 1.165) is 11.8 Å². The third-order valence-electron chi connectivity index (χ3n) is 2.22. The molecule has 16 heavy (non-hydrogen) atoms. The number of nitrogens with one attached hydrogen (secondary N) is 1. The predicted octanol–water partition coefficient (Wildman–Crippen LogP) is 1.71. The van der Waals surface area contributed by atoms with Gasteiger partial charge < -0.3 is 5.32 Å². The highest BCUT2D eigenvalue weighted by Crippen LogP contribution is 2.17. The Morgan fingerprint density at radius 1 is 1.38 bits per heavy atom. The average molecular weight is 224 g/mol. The molecule has 1 N–H and O–H groups in total. The molecular formula is C10H10F2N4. The highest BCUT2D eigenvalue weighted by molar-refractivity contribution is 5.45. The van der Waals surface area contributed by atoms with Gasteiger partial charge in [-0.25, -0.2) is 8.78 Å². The van der Waals surface area contributed by atoms with E-state index in [1.165, 1.54) is 12.1 Å². The van der Waals surface area contributed by atoms with Gasteiger partial charge in [0.2, 0.25) is 0 Å². The minimum atomic E-state index is -0.877. The third kappa shape index (κ3) is 2.00. The smallest absolute Gasteiger partial charge is 0.181 e. The van der Waals surface area contributed by atoms with Gasteiger partial charge in [0.25, 0.3) is 0 Å². The molecule has 0 amide bonds. The monoisotopic (exact) mass is 224 g/mol. The Morgan fingerprint density at radius 3 is 2.88 bits per heavy atom. The van der Waals surface area contributed by atoms with Crippen LogP contribution in [0.4, 0.5) is 14.5 Å². The van der Waals surface area contributed by atoms with Gasteiger partial charge in [-0.15, -0.1) is 5.10 Å². The van der Waals surface area contributed by atoms with Gasteiger partial charge in [-0.3, -0.25) is 4.68 Å². The van der Waals surface area contributed by atoms with Crippen molar-refractivity contribution in [3.8, 4) is 0 Å². The summed E-state index contributed by atoms with van der Waals surface area (Å²) >= 11 is 0. The molecule has 0 aliphatic carbocycles. The number of aromatic nitrogens is 3. The number of anilines is 1. The van der Waals surface area contributed by atoms with Crippen molar-refractivity contribution in [3.63, 3.8) is 0 Å². The molecule has 0 bridgehead atoms. The maximum atomic E-state index is 13.3. The first-order chi connectivity index (χ1) is 7.68. The van der Waals surface area contributed by atoms with Gasteiger partial charge in [0.1, 0.15) is 0 Å². The fraction of sp³-hybridized carbons (Fsp3) is 0.200. The Labute approximate surface area is 90.9 Å². The highest BCUT2D eigenvalue weighted by Gasteiger charge is 2.07. The molecule has 0 saturated carbocycles. The Balaban J connectivity index is 2.11. The number of rotatable bonds is 3. The van der Waals surface area contributed by atoms with E-state index >= 15 is 0 Å². The highest BCUT2D eigenvalue weighted by atomic mass is 19.2. The van der Waals surface area contributed by atoms with E-state index in [-0.39, 0.29) is 5.69 Å². The second-order valence-electron chi connectivity index (χ2n) is 3.30. The minimum absolute atomic E-state index is 0.126. The van der Waals surface area contributed by atoms with Gasteiger partial charge >= 0.3 is 0 Å². The van der Waals surface area contributed by atoms with Crippen LogP contribution in [0.25, 0.3) is 0 Å². The molecule has 0 saturated heterocycles. The molecule has 0 fully saturated rings. The summed E-state index contributed by atoms with van der Waals surface area (Å²) in [5.74, 6) is -1.74. The third-order valence-corrected chi connectivity index (χ3v) is 2.22. The molecule has 2 aromatic rings. The van der Waals surface area contributed by atoms with Crippen molar-refractivity contribution in [2.24, 2.45) is 7.05 Å². The molecule has 2 rings (SSSR count). The molecule has 0 aliphatic heterocycles. The lowest BCUT2D eigenvalue weighted by molar-refractivity contribution is 0.510. The first-order valence-corrected chi connectivity index (χ1v) is 4.70. The van der Waals surface area contributed by atoms with Crippen molar-refractivity contribution in [3.05, 3.63) is 41.7 Å². The Morgan fingerprint density at radius 2 is 2.19 bits per heavy atom. The van der Waals surface area contributed by atoms with Gasteiger partial charge in [-0.2, -0.15) is 0 Å². The first kappa shape index (κ1) is 10.5. The normalized spacial score (nSPS) is 10.4. The fourth-order valence-electron chi connectivity index (χ4n) is 1.30. The summed E-state index contributed by atoms with van der Waals surface area (Å²) < 4.78 is 27.7. The topological polar surface area (TPSA) is 42.7 Å². The second-order valence-corrected chi connectivity index (χ2v) is 3.30. The largest absolute Gasteiger partial charge is 0.377 e. The van der Waals surface area contributed by atoms with E-state index < -0.39 is 11.6 Å². The lowest BCUT2D eigenvalue weighted by atomic mass is 10.3. The lowest BCUT2D eigenvalue weighted by Gasteiger charge is -2.07. The van der Waals surface area contributed by atoms with E-state index in [1.807, 2.05) is 0 Å². The molecule has 0 spiro atoms. The number of halogens is 2. The van der Waals surface area contributed by atoms with Crippen LogP contribution in [0.5, 0.6) is 0 Å². The van der Waals surface area contributed by atoms with Crippen LogP contribution in [0.15, 0.2) is 24.4 Å². The molecule has 0 unspecified atom stereocenters. The van der Waals surface area contributed by atoms with E-state index in [2.05, 4.69) is 15.6 Å². The second kappa shape index (κ2) is 4.26. The van der Waals surface area contributed by atoms with Crippen LogP contribution >= 0.6 is 0 Å². The van der Waals surface area contributed by atoms with Gasteiger partial charge in [0.15, 0.2) is 11.6 Å². The summed E-state index contributed by atoms with van der Waals surface area (Å²) in [6.07, 6.45) is 1.56. The van der Waals surface area contributed by atoms with Crippen LogP contribution in [0.1, 0.15) is 5.69 Å². The summed E-state index contributed by atoms with van der Waals surface area (Å²) in [5, 5.41) is 10.2. The SMILES string of the molecule is Cn1nncc1CNc1cccc(F)c1F. The molecule has 0 aliphatic rings. The van der Waals surface area contributed by atoms with E-state index in [0.29, 0.717) is 6.54 Å². The van der Waals surface area contributed by atoms with Crippen LogP contribution in [0.3, 0.4) is 0 Å². The van der Waals surface area contributed by atoms with Crippen molar-refractivity contribution in [2.45, 2.75) is 6.54 Å². The molecule has 4 nitrogen and oxygen atoms in total. The van der Waals surface area contributed by atoms with Crippen LogP contribution in [0.2, 0.25) is 0 Å². The minimum Gasteiger partial charge on any atom is -0.377 e. The van der Waals surface area contributed by atoms with Gasteiger partial charge in [0, 0.05) is 7.05 Å². The number of nitrogens with zero attached hydrogens (tertiary/aromatic N) is 3. The van der Waals surface area contributed by atoms with Crippen LogP contribution in [-0.2, 0) is 13.6 Å². The van der Waals surface area contributed by atoms with E-state index in [9.17, 15) is 8.78 Å². The molecule has 0 atom stereocenters. The summed E-state index contributed by atoms with van der Waals surface area (Å²) in [7, 11) is 1.73. The van der Waals surface area contributed by atoms with E-state index in [1.54, 1.807) is 17.9 Å². The van der Waals surface area contributed by atoms with Gasteiger partial charge in [0.05, 0.1) is 24.1 Å². The fourth-order valence-corrected chi connectivity index (χ4v) is 1.30. The quantitative estimate of drug-likeness (QED) is 0.863. The standard InChI is InChI=1S/C10H10F2N4/c1-16-7(6-14-15-16)5-13-9-4-2-3-8(11)10(9)12/h2-4,6,13H,5H2,1H3. The Bertz CT molecular complexity index is 495. The van der Waals surface area contributed by atoms with Crippen molar-refractivity contribution in [1.82, 2.24) is 15.0 Å². The number of benzene rings is 1. The van der Waals surface area contributed by atoms with Gasteiger partial charge in [-0.1, -0.05) is 11.3 Å². The average Bonchev–Trinajstić information content (AvgIpc) is 2.67. The zero-order valence-corrected chi connectivity index (χ0v) is 8.61. The predicted molar refractivity (Wildman–Crippen MR) is 54.7 cm³/mol. The summed E-state index contributed by atoms with van der Waals surface area (Å²) in [4.78, 5) is 0. The summed E-state index contributed by atoms with van der Waals surface area (Å²) in [6.45, 7) is 0.337. The first-order valence-electron chi connectivity index (χ1n) is 4.70. The summed E-state index contributed by atoms with van der Waals surface area (Å²) in [6, 6.07) is 4.00. The number of hydrogen-bond donors (Lipinski definition) is 1. The van der Waals surface area contributed by atoms with Crippen LogP contribution in [-0.4, -0.2) is 15.0 Å². The molecule has 1 aromatic carbocycles. The van der Waals surface area contributed by atoms with Gasteiger partial charge in [-0.05, 0) is 12.1 Å². The van der Waals surface area contributed by atoms with Crippen molar-refractivity contribution >= 4 is 5.69 Å². The molecule has 84 valence electrons. The van der Waals surface area contributed by atoms with E-state index in [4.69, 9.17) is 0 Å². The molecule has 0 radical (unpaired) electrons. The Hall–Kier alpha value is -1.98. The van der Waals surface area contributed by atoms with Crippen LogP contribution in [0, 0.1) is 11.6 Å². The van der Waals surface area contributed by atoms with Crippen LogP contribution < -0.4 is 5.32 Å². The maximum Gasteiger partial charge on any atom is 0.181 e. The Kier molecular flexibility index (Phi) is 2.80. The summed E-state index contributed by atoms with van der Waals surface area (Å²) in [5.41, 5.74) is 0.907. The molecule has 1 heterocycles. The van der Waals surface area contributed by atoms with Crippen molar-refractivity contribution < 1.29 is 8.78 Å². The molecular weight excluding hydrogens is 214 g/mol. The maximum absolute atomic E-state index is 13.3. The number of aryl methyl sites for hydroxylation is 1. The zero-order valence-electron chi connectivity index (χ0n) is 8.61. The van der Waals surface area contributed by atoms with Crippen molar-refractivity contribution in [2.75, 3.05) is 5.32 Å². The molecule has 6 heteroatoms. The number of hydrogen-bond acceptors (Lipinski definition) is 3. The zero-order chi connectivity index (χ0) is 11.5. The molecule has 1 aromatic heterocycles.